The molecule has 8 nitrogen and oxygen atoms in total. The topological polar surface area (TPSA) is 105 Å². The zero-order chi connectivity index (χ0) is 18.7. The van der Waals surface area contributed by atoms with Crippen molar-refractivity contribution in [1.82, 2.24) is 10.2 Å². The summed E-state index contributed by atoms with van der Waals surface area (Å²) in [6.07, 6.45) is 1.38. The second-order valence-corrected chi connectivity index (χ2v) is 6.33. The summed E-state index contributed by atoms with van der Waals surface area (Å²) in [6, 6.07) is 2.57. The molecule has 9 heteroatoms. The first-order valence-electron chi connectivity index (χ1n) is 7.33. The molecule has 2 N–H and O–H groups in total. The molecular formula is C16H17BrN2O6. The number of rotatable bonds is 6. The first kappa shape index (κ1) is 18.8. The molecule has 1 aromatic rings. The van der Waals surface area contributed by atoms with E-state index in [-0.39, 0.29) is 11.8 Å². The van der Waals surface area contributed by atoms with Crippen molar-refractivity contribution in [3.8, 4) is 11.5 Å². The van der Waals surface area contributed by atoms with Crippen LogP contribution in [0.15, 0.2) is 22.3 Å². The van der Waals surface area contributed by atoms with Gasteiger partial charge >= 0.3 is 12.0 Å². The number of carbonyl (C=O) groups excluding carboxylic acids is 2. The number of carboxylic acid groups (broad SMARTS) is 1. The van der Waals surface area contributed by atoms with Crippen molar-refractivity contribution in [2.45, 2.75) is 20.0 Å². The van der Waals surface area contributed by atoms with Crippen molar-refractivity contribution in [1.29, 1.82) is 0 Å². The van der Waals surface area contributed by atoms with E-state index in [1.807, 2.05) is 13.8 Å². The predicted octanol–water partition coefficient (Wildman–Crippen LogP) is 2.22. The summed E-state index contributed by atoms with van der Waals surface area (Å²) < 4.78 is 11.6. The lowest BCUT2D eigenvalue weighted by Gasteiger charge is -2.16. The highest BCUT2D eigenvalue weighted by Crippen LogP contribution is 2.38. The van der Waals surface area contributed by atoms with Gasteiger partial charge in [-0.1, -0.05) is 0 Å². The molecule has 1 aliphatic rings. The van der Waals surface area contributed by atoms with Gasteiger partial charge in [0.2, 0.25) is 0 Å². The smallest absolute Gasteiger partial charge is 0.329 e. The second kappa shape index (κ2) is 7.56. The Bertz CT molecular complexity index is 759. The van der Waals surface area contributed by atoms with Gasteiger partial charge in [0.15, 0.2) is 11.5 Å². The van der Waals surface area contributed by atoms with Crippen LogP contribution < -0.4 is 14.8 Å². The SMILES string of the molecule is COc1cc(/C=C2/NC(=O)N(CC(=O)O)C2=O)cc(Br)c1OC(C)C. The average Bonchev–Trinajstić information content (AvgIpc) is 2.76. The van der Waals surface area contributed by atoms with Gasteiger partial charge in [0, 0.05) is 0 Å². The number of amides is 3. The van der Waals surface area contributed by atoms with Crippen molar-refractivity contribution in [2.75, 3.05) is 13.7 Å². The van der Waals surface area contributed by atoms with Gasteiger partial charge in [-0.05, 0) is 53.5 Å². The lowest BCUT2D eigenvalue weighted by molar-refractivity contribution is -0.140. The number of carbonyl (C=O) groups is 3. The molecule has 1 aromatic carbocycles. The summed E-state index contributed by atoms with van der Waals surface area (Å²) >= 11 is 3.39. The van der Waals surface area contributed by atoms with Gasteiger partial charge in [-0.25, -0.2) is 9.69 Å². The fraction of sp³-hybridized carbons (Fsp3) is 0.312. The number of nitrogens with one attached hydrogen (secondary N) is 1. The molecule has 3 amide bonds. The summed E-state index contributed by atoms with van der Waals surface area (Å²) in [5, 5.41) is 11.1. The highest BCUT2D eigenvalue weighted by Gasteiger charge is 2.34. The van der Waals surface area contributed by atoms with Crippen molar-refractivity contribution >= 4 is 39.9 Å². The molecule has 0 bridgehead atoms. The Morgan fingerprint density at radius 2 is 2.08 bits per heavy atom. The number of imide groups is 1. The van der Waals surface area contributed by atoms with Crippen molar-refractivity contribution < 1.29 is 29.0 Å². The number of carboxylic acids is 1. The van der Waals surface area contributed by atoms with E-state index in [1.165, 1.54) is 13.2 Å². The van der Waals surface area contributed by atoms with Gasteiger partial charge in [0.1, 0.15) is 12.2 Å². The maximum Gasteiger partial charge on any atom is 0.329 e. The summed E-state index contributed by atoms with van der Waals surface area (Å²) in [7, 11) is 1.49. The molecule has 1 fully saturated rings. The monoisotopic (exact) mass is 412 g/mol. The Kier molecular flexibility index (Phi) is 5.68. The Morgan fingerprint density at radius 1 is 1.40 bits per heavy atom. The molecule has 1 saturated heterocycles. The molecule has 1 heterocycles. The summed E-state index contributed by atoms with van der Waals surface area (Å²) in [5.74, 6) is -1.00. The fourth-order valence-corrected chi connectivity index (χ4v) is 2.74. The van der Waals surface area contributed by atoms with Crippen LogP contribution in [0.2, 0.25) is 0 Å². The highest BCUT2D eigenvalue weighted by molar-refractivity contribution is 9.10. The summed E-state index contributed by atoms with van der Waals surface area (Å²) in [6.45, 7) is 3.06. The van der Waals surface area contributed by atoms with Crippen molar-refractivity contribution in [3.05, 3.63) is 27.9 Å². The van der Waals surface area contributed by atoms with Crippen LogP contribution in [-0.2, 0) is 9.59 Å². The average molecular weight is 413 g/mol. The molecule has 0 aliphatic carbocycles. The van der Waals surface area contributed by atoms with Gasteiger partial charge < -0.3 is 19.9 Å². The first-order valence-corrected chi connectivity index (χ1v) is 8.12. The Hall–Kier alpha value is -2.55. The molecule has 2 rings (SSSR count). The first-order chi connectivity index (χ1) is 11.7. The van der Waals surface area contributed by atoms with Crippen LogP contribution in [0.25, 0.3) is 6.08 Å². The van der Waals surface area contributed by atoms with Gasteiger partial charge in [-0.3, -0.25) is 9.59 Å². The third kappa shape index (κ3) is 4.30. The molecule has 0 unspecified atom stereocenters. The van der Waals surface area contributed by atoms with Gasteiger partial charge in [0.05, 0.1) is 17.7 Å². The number of nitrogens with zero attached hydrogens (tertiary/aromatic N) is 1. The molecule has 25 heavy (non-hydrogen) atoms. The quantitative estimate of drug-likeness (QED) is 0.548. The van der Waals surface area contributed by atoms with Gasteiger partial charge in [0.25, 0.3) is 5.91 Å². The molecule has 0 aromatic heterocycles. The number of aliphatic carboxylic acids is 1. The number of methoxy groups -OCH3 is 1. The van der Waals surface area contributed by atoms with E-state index in [1.54, 1.807) is 12.1 Å². The van der Waals surface area contributed by atoms with Gasteiger partial charge in [-0.2, -0.15) is 0 Å². The van der Waals surface area contributed by atoms with E-state index in [0.29, 0.717) is 26.4 Å². The molecular weight excluding hydrogens is 396 g/mol. The third-order valence-corrected chi connectivity index (χ3v) is 3.76. The zero-order valence-corrected chi connectivity index (χ0v) is 15.4. The minimum atomic E-state index is -1.27. The minimum absolute atomic E-state index is 0.0160. The molecule has 0 atom stereocenters. The van der Waals surface area contributed by atoms with E-state index in [9.17, 15) is 14.4 Å². The van der Waals surface area contributed by atoms with Crippen molar-refractivity contribution in [3.63, 3.8) is 0 Å². The Morgan fingerprint density at radius 3 is 2.64 bits per heavy atom. The van der Waals surface area contributed by atoms with Crippen LogP contribution in [0.5, 0.6) is 11.5 Å². The zero-order valence-electron chi connectivity index (χ0n) is 13.8. The van der Waals surface area contributed by atoms with Crippen LogP contribution in [-0.4, -0.2) is 47.7 Å². The van der Waals surface area contributed by atoms with E-state index < -0.39 is 24.5 Å². The van der Waals surface area contributed by atoms with E-state index in [4.69, 9.17) is 14.6 Å². The maximum absolute atomic E-state index is 12.2. The number of benzene rings is 1. The normalized spacial score (nSPS) is 15.7. The van der Waals surface area contributed by atoms with E-state index >= 15 is 0 Å². The number of halogens is 1. The molecule has 0 saturated carbocycles. The second-order valence-electron chi connectivity index (χ2n) is 5.47. The molecule has 0 radical (unpaired) electrons. The maximum atomic E-state index is 12.2. The summed E-state index contributed by atoms with van der Waals surface area (Å²) in [4.78, 5) is 35.2. The van der Waals surface area contributed by atoms with E-state index in [2.05, 4.69) is 21.2 Å². The van der Waals surface area contributed by atoms with Crippen LogP contribution in [0.4, 0.5) is 4.79 Å². The lowest BCUT2D eigenvalue weighted by Crippen LogP contribution is -2.35. The van der Waals surface area contributed by atoms with Crippen LogP contribution in [0, 0.1) is 0 Å². The standard InChI is InChI=1S/C16H17BrN2O6/c1-8(2)25-14-10(17)4-9(6-12(14)24-3)5-11-15(22)19(7-13(20)21)16(23)18-11/h4-6,8H,7H2,1-3H3,(H,18,23)(H,20,21)/b11-5+. The largest absolute Gasteiger partial charge is 0.493 e. The number of hydrogen-bond acceptors (Lipinski definition) is 5. The number of ether oxygens (including phenoxy) is 2. The van der Waals surface area contributed by atoms with Crippen LogP contribution >= 0.6 is 15.9 Å². The Balaban J connectivity index is 2.35. The van der Waals surface area contributed by atoms with Gasteiger partial charge in [-0.15, -0.1) is 0 Å². The molecule has 134 valence electrons. The Labute approximate surface area is 152 Å². The fourth-order valence-electron chi connectivity index (χ4n) is 2.19. The number of urea groups is 1. The summed E-state index contributed by atoms with van der Waals surface area (Å²) in [5.41, 5.74) is 0.554. The van der Waals surface area contributed by atoms with Crippen molar-refractivity contribution in [2.24, 2.45) is 0 Å². The highest BCUT2D eigenvalue weighted by atomic mass is 79.9. The third-order valence-electron chi connectivity index (χ3n) is 3.17. The lowest BCUT2D eigenvalue weighted by atomic mass is 10.1. The predicted molar refractivity (Wildman–Crippen MR) is 92.3 cm³/mol. The molecule has 0 spiro atoms. The van der Waals surface area contributed by atoms with Crippen LogP contribution in [0.3, 0.4) is 0 Å². The van der Waals surface area contributed by atoms with E-state index in [0.717, 1.165) is 0 Å². The molecule has 1 aliphatic heterocycles. The minimum Gasteiger partial charge on any atom is -0.493 e. The van der Waals surface area contributed by atoms with Crippen LogP contribution in [0.1, 0.15) is 19.4 Å². The number of hydrogen-bond donors (Lipinski definition) is 2.